The van der Waals surface area contributed by atoms with Crippen molar-refractivity contribution in [1.82, 2.24) is 19.9 Å². The van der Waals surface area contributed by atoms with Gasteiger partial charge in [0.1, 0.15) is 11.6 Å². The van der Waals surface area contributed by atoms with Crippen LogP contribution in [-0.4, -0.2) is 108 Å². The van der Waals surface area contributed by atoms with Crippen molar-refractivity contribution in [3.63, 3.8) is 0 Å². The summed E-state index contributed by atoms with van der Waals surface area (Å²) in [7, 11) is 0. The maximum Gasteiger partial charge on any atom is 0.320 e. The van der Waals surface area contributed by atoms with Gasteiger partial charge in [-0.2, -0.15) is 0 Å². The lowest BCUT2D eigenvalue weighted by molar-refractivity contribution is -0.185. The molecule has 0 spiro atoms. The van der Waals surface area contributed by atoms with Crippen LogP contribution in [0.25, 0.3) is 11.2 Å². The first-order valence-electron chi connectivity index (χ1n) is 30.2. The van der Waals surface area contributed by atoms with Gasteiger partial charge in [-0.05, 0) is 186 Å². The van der Waals surface area contributed by atoms with Crippen LogP contribution in [0.5, 0.6) is 0 Å². The number of hydrogen-bond acceptors (Lipinski definition) is 14. The van der Waals surface area contributed by atoms with Crippen molar-refractivity contribution in [1.29, 1.82) is 0 Å². The highest BCUT2D eigenvalue weighted by molar-refractivity contribution is 7.71. The lowest BCUT2D eigenvalue weighted by Crippen LogP contribution is -2.58. The molecule has 1 aromatic carbocycles. The fraction of sp³-hybridized carbons (Fsp3) is 0.606. The van der Waals surface area contributed by atoms with Crippen LogP contribution in [-0.2, 0) is 49.5 Å². The van der Waals surface area contributed by atoms with Gasteiger partial charge in [0.25, 0.3) is 0 Å². The van der Waals surface area contributed by atoms with Crippen molar-refractivity contribution >= 4 is 93.3 Å². The van der Waals surface area contributed by atoms with E-state index in [4.69, 9.17) is 55.7 Å². The minimum absolute atomic E-state index is 0.0160. The molecule has 0 amide bonds. The SMILES string of the molecule is CC(=O)O[C@]1(C(C)=O)CC[C@H]2[C@@H]3C=C(C)C4=CC(=O)CC[C@]4(C)[C@H]3CC[C@@]21C.CC(=O)O[C@]1(C(C)=O)CC[C@H]2[C@@H]3C=C(C)C4=CC(=O)CC[C@]4(C)[C@H]3CC[C@@]21C.N[C@@H](Cc1ccc(N(CCCl)CCCl)cc1)C(=O)O.S=c1nc[nH]c2nc[nH]c12. The molecular formula is C66H86Cl2N6O10S. The number of aliphatic carboxylic acids is 1. The molecule has 16 nitrogen and oxygen atoms in total. The second-order valence-corrected chi connectivity index (χ2v) is 27.3. The quantitative estimate of drug-likeness (QED) is 0.0748. The monoisotopic (exact) mass is 1220 g/mol. The van der Waals surface area contributed by atoms with Crippen LogP contribution in [0.4, 0.5) is 5.69 Å². The lowest BCUT2D eigenvalue weighted by atomic mass is 9.47. The molecule has 8 aliphatic rings. The Labute approximate surface area is 515 Å². The molecule has 4 saturated carbocycles. The van der Waals surface area contributed by atoms with E-state index in [0.717, 1.165) is 86.9 Å². The molecule has 0 unspecified atom stereocenters. The van der Waals surface area contributed by atoms with Crippen LogP contribution in [0.1, 0.15) is 152 Å². The van der Waals surface area contributed by atoms with Gasteiger partial charge >= 0.3 is 17.9 Å². The fourth-order valence-electron chi connectivity index (χ4n) is 17.5. The predicted molar refractivity (Wildman–Crippen MR) is 331 cm³/mol. The number of H-pyrrole nitrogens is 2. The number of Topliss-reactive ketones (excluding diaryl/α,β-unsaturated/α-hetero) is 2. The van der Waals surface area contributed by atoms with E-state index in [9.17, 15) is 33.6 Å². The van der Waals surface area contributed by atoms with Gasteiger partial charge < -0.3 is 35.2 Å². The summed E-state index contributed by atoms with van der Waals surface area (Å²) in [5.41, 5.74) is 11.3. The number of esters is 2. The van der Waals surface area contributed by atoms with Crippen LogP contribution in [0.3, 0.4) is 0 Å². The minimum Gasteiger partial charge on any atom is -0.480 e. The number of nitrogens with two attached hydrogens (primary N) is 1. The molecule has 11 rings (SSSR count). The van der Waals surface area contributed by atoms with Gasteiger partial charge in [0.15, 0.2) is 44.6 Å². The molecule has 85 heavy (non-hydrogen) atoms. The van der Waals surface area contributed by atoms with Crippen LogP contribution < -0.4 is 10.6 Å². The third-order valence-corrected chi connectivity index (χ3v) is 22.3. The highest BCUT2D eigenvalue weighted by Crippen LogP contribution is 2.70. The number of ketones is 4. The van der Waals surface area contributed by atoms with E-state index in [1.54, 1.807) is 20.2 Å². The number of ether oxygens (including phenoxy) is 2. The maximum atomic E-state index is 12.8. The molecule has 460 valence electrons. The Hall–Kier alpha value is -5.62. The van der Waals surface area contributed by atoms with E-state index in [1.807, 2.05) is 36.4 Å². The number of nitrogens with zero attached hydrogens (tertiary/aromatic N) is 3. The number of nitrogens with one attached hydrogen (secondary N) is 2. The third-order valence-electron chi connectivity index (χ3n) is 21.7. The van der Waals surface area contributed by atoms with Crippen molar-refractivity contribution in [2.45, 2.75) is 170 Å². The van der Waals surface area contributed by atoms with Crippen LogP contribution in [0.15, 0.2) is 83.5 Å². The van der Waals surface area contributed by atoms with Gasteiger partial charge in [0.05, 0.1) is 12.7 Å². The zero-order valence-corrected chi connectivity index (χ0v) is 53.4. The molecule has 2 heterocycles. The van der Waals surface area contributed by atoms with Crippen molar-refractivity contribution < 1.29 is 48.1 Å². The summed E-state index contributed by atoms with van der Waals surface area (Å²) in [6.45, 7) is 20.7. The molecule has 0 radical (unpaired) electrons. The Morgan fingerprint density at radius 1 is 0.682 bits per heavy atom. The Morgan fingerprint density at radius 3 is 1.52 bits per heavy atom. The van der Waals surface area contributed by atoms with Gasteiger partial charge in [0, 0.05) is 68.1 Å². The average Bonchev–Trinajstić information content (AvgIpc) is 1.69. The first-order valence-corrected chi connectivity index (χ1v) is 31.6. The largest absolute Gasteiger partial charge is 0.480 e. The third kappa shape index (κ3) is 12.1. The molecule has 4 fully saturated rings. The first kappa shape index (κ1) is 65.4. The van der Waals surface area contributed by atoms with E-state index in [0.29, 0.717) is 84.0 Å². The van der Waals surface area contributed by atoms with Gasteiger partial charge in [-0.25, -0.2) is 9.97 Å². The van der Waals surface area contributed by atoms with Gasteiger partial charge in [-0.3, -0.25) is 33.6 Å². The molecule has 3 aromatic rings. The molecule has 5 N–H and O–H groups in total. The maximum absolute atomic E-state index is 12.8. The molecular weight excluding hydrogens is 1140 g/mol. The van der Waals surface area contributed by atoms with Gasteiger partial charge in [-0.15, -0.1) is 23.2 Å². The number of benzene rings is 1. The van der Waals surface area contributed by atoms with Crippen molar-refractivity contribution in [2.75, 3.05) is 29.7 Å². The standard InChI is InChI=1S/2C24H32O4.C13H18Cl2N2O2.C5H4N4S/c2*1-14-12-18-19(22(4)9-6-17(27)13-21(14)22)7-10-23(5)20(18)8-11-24(23,15(2)25)28-16(3)26;14-5-7-17(8-6-15)11-3-1-10(2-4-11)9-12(16)13(18)19;10-5-3-4(7-1-6-3)8-2-9-5/h2*12-13,18-20H,6-11H2,1-5H3;1-4,12H,5-9,16H2,(H,18,19);1-2H,(H2,6,7,8,9,10)/t2*18-,19+,20+,22-,23+,24+;12-;/m110./s1. The zero-order valence-electron chi connectivity index (χ0n) is 51.0. The second kappa shape index (κ2) is 25.6. The normalized spacial score (nSPS) is 33.3. The Balaban J connectivity index is 0.000000156. The summed E-state index contributed by atoms with van der Waals surface area (Å²) < 4.78 is 12.2. The first-order chi connectivity index (χ1) is 40.1. The number of carbonyl (C=O) groups excluding carboxylic acids is 6. The summed E-state index contributed by atoms with van der Waals surface area (Å²) in [6.07, 6.45) is 21.8. The minimum atomic E-state index is -0.991. The Bertz CT molecular complexity index is 3160. The number of anilines is 1. The van der Waals surface area contributed by atoms with Gasteiger partial charge in [0.2, 0.25) is 0 Å². The van der Waals surface area contributed by atoms with E-state index in [1.165, 1.54) is 42.5 Å². The summed E-state index contributed by atoms with van der Waals surface area (Å²) in [6, 6.07) is 6.76. The highest BCUT2D eigenvalue weighted by Gasteiger charge is 2.69. The zero-order chi connectivity index (χ0) is 62.2. The average molecular weight is 1230 g/mol. The van der Waals surface area contributed by atoms with Crippen LogP contribution in [0.2, 0.25) is 0 Å². The molecule has 13 atom stereocenters. The number of allylic oxidation sites excluding steroid dienone is 8. The van der Waals surface area contributed by atoms with Gasteiger partial charge in [-0.1, -0.05) is 75.3 Å². The molecule has 8 aliphatic carbocycles. The molecule has 2 aromatic heterocycles. The number of aromatic nitrogens is 4. The number of carboxylic acids is 1. The summed E-state index contributed by atoms with van der Waals surface area (Å²) >= 11 is 16.4. The number of carbonyl (C=O) groups is 7. The molecule has 0 saturated heterocycles. The summed E-state index contributed by atoms with van der Waals surface area (Å²) in [5.74, 6) is 2.13. The van der Waals surface area contributed by atoms with E-state index in [2.05, 4.69) is 78.5 Å². The predicted octanol–water partition coefficient (Wildman–Crippen LogP) is 12.1. The topological polar surface area (TPSA) is 245 Å². The van der Waals surface area contributed by atoms with Crippen LogP contribution in [0, 0.1) is 61.8 Å². The number of fused-ring (bicyclic) bond motifs is 11. The smallest absolute Gasteiger partial charge is 0.320 e. The lowest BCUT2D eigenvalue weighted by Gasteiger charge is -2.58. The van der Waals surface area contributed by atoms with E-state index in [-0.39, 0.29) is 56.7 Å². The van der Waals surface area contributed by atoms with Crippen LogP contribution >= 0.6 is 35.4 Å². The van der Waals surface area contributed by atoms with E-state index >= 15 is 0 Å². The number of halogens is 2. The number of carboxylic acid groups (broad SMARTS) is 1. The summed E-state index contributed by atoms with van der Waals surface area (Å²) in [4.78, 5) is 99.8. The molecule has 19 heteroatoms. The number of imidazole rings is 1. The second-order valence-electron chi connectivity index (χ2n) is 26.1. The van der Waals surface area contributed by atoms with Crippen molar-refractivity contribution in [2.24, 2.45) is 62.9 Å². The Morgan fingerprint density at radius 2 is 1.12 bits per heavy atom. The number of aromatic amines is 2. The number of rotatable bonds is 12. The van der Waals surface area contributed by atoms with E-state index < -0.39 is 23.2 Å². The highest BCUT2D eigenvalue weighted by atomic mass is 35.5. The number of hydrogen-bond donors (Lipinski definition) is 4. The fourth-order valence-corrected chi connectivity index (χ4v) is 18.1. The molecule has 0 aliphatic heterocycles. The Kier molecular flexibility index (Phi) is 19.7. The summed E-state index contributed by atoms with van der Waals surface area (Å²) in [5, 5.41) is 8.76. The van der Waals surface area contributed by atoms with Crippen molar-refractivity contribution in [3.05, 3.63) is 93.7 Å². The molecule has 0 bridgehead atoms. The van der Waals surface area contributed by atoms with Crippen molar-refractivity contribution in [3.8, 4) is 0 Å². The number of alkyl halides is 2.